The van der Waals surface area contributed by atoms with Crippen LogP contribution in [0.4, 0.5) is 5.13 Å². The molecule has 3 rings (SSSR count). The van der Waals surface area contributed by atoms with Crippen molar-refractivity contribution in [2.45, 2.75) is 13.3 Å². The summed E-state index contributed by atoms with van der Waals surface area (Å²) in [7, 11) is 0. The zero-order chi connectivity index (χ0) is 15.5. The van der Waals surface area contributed by atoms with Crippen LogP contribution >= 0.6 is 11.3 Å². The fraction of sp³-hybridized carbons (Fsp3) is 0.375. The molecule has 0 spiro atoms. The second-order valence-electron chi connectivity index (χ2n) is 5.30. The number of carboxylic acid groups (broad SMARTS) is 1. The molecule has 1 aliphatic heterocycles. The predicted molar refractivity (Wildman–Crippen MR) is 86.7 cm³/mol. The molecular formula is C16H18N2O3S. The molecule has 0 radical (unpaired) electrons. The van der Waals surface area contributed by atoms with Crippen molar-refractivity contribution < 1.29 is 14.6 Å². The highest BCUT2D eigenvalue weighted by molar-refractivity contribution is 7.16. The zero-order valence-corrected chi connectivity index (χ0v) is 13.2. The van der Waals surface area contributed by atoms with Crippen LogP contribution in [-0.2, 0) is 16.0 Å². The molecule has 6 heteroatoms. The van der Waals surface area contributed by atoms with Crippen LogP contribution in [0.15, 0.2) is 24.3 Å². The quantitative estimate of drug-likeness (QED) is 0.939. The summed E-state index contributed by atoms with van der Waals surface area (Å²) in [5.74, 6) is -0.828. The summed E-state index contributed by atoms with van der Waals surface area (Å²) in [5, 5.41) is 10.0. The van der Waals surface area contributed by atoms with E-state index < -0.39 is 5.97 Å². The minimum atomic E-state index is -0.828. The van der Waals surface area contributed by atoms with Crippen molar-refractivity contribution in [3.05, 3.63) is 34.7 Å². The van der Waals surface area contributed by atoms with Crippen molar-refractivity contribution in [1.82, 2.24) is 4.98 Å². The fourth-order valence-corrected chi connectivity index (χ4v) is 3.55. The number of anilines is 1. The number of aromatic nitrogens is 1. The van der Waals surface area contributed by atoms with E-state index in [0.29, 0.717) is 13.2 Å². The molecule has 0 unspecified atom stereocenters. The fourth-order valence-electron chi connectivity index (χ4n) is 2.42. The van der Waals surface area contributed by atoms with E-state index >= 15 is 0 Å². The Morgan fingerprint density at radius 3 is 2.64 bits per heavy atom. The summed E-state index contributed by atoms with van der Waals surface area (Å²) in [4.78, 5) is 18.8. The molecule has 1 fully saturated rings. The van der Waals surface area contributed by atoms with Gasteiger partial charge < -0.3 is 14.7 Å². The smallest absolute Gasteiger partial charge is 0.308 e. The molecule has 0 aliphatic carbocycles. The van der Waals surface area contributed by atoms with Crippen molar-refractivity contribution in [1.29, 1.82) is 0 Å². The van der Waals surface area contributed by atoms with Crippen LogP contribution in [0.25, 0.3) is 11.3 Å². The Morgan fingerprint density at radius 2 is 2.00 bits per heavy atom. The maximum absolute atomic E-state index is 11.1. The van der Waals surface area contributed by atoms with Crippen LogP contribution in [-0.4, -0.2) is 42.4 Å². The van der Waals surface area contributed by atoms with E-state index in [1.807, 2.05) is 31.2 Å². The molecule has 0 saturated carbocycles. The molecule has 22 heavy (non-hydrogen) atoms. The minimum Gasteiger partial charge on any atom is -0.481 e. The Morgan fingerprint density at radius 1 is 1.32 bits per heavy atom. The summed E-state index contributed by atoms with van der Waals surface area (Å²) in [6.45, 7) is 5.00. The summed E-state index contributed by atoms with van der Waals surface area (Å²) in [6.07, 6.45) is 0.00518. The Labute approximate surface area is 133 Å². The molecule has 0 bridgehead atoms. The lowest BCUT2D eigenvalue weighted by Crippen LogP contribution is -2.36. The van der Waals surface area contributed by atoms with Crippen molar-refractivity contribution in [3.8, 4) is 11.3 Å². The van der Waals surface area contributed by atoms with Gasteiger partial charge in [-0.1, -0.05) is 29.8 Å². The van der Waals surface area contributed by atoms with Gasteiger partial charge >= 0.3 is 5.97 Å². The Balaban J connectivity index is 1.96. The molecule has 5 nitrogen and oxygen atoms in total. The van der Waals surface area contributed by atoms with Gasteiger partial charge in [-0.2, -0.15) is 0 Å². The van der Waals surface area contributed by atoms with E-state index in [2.05, 4.69) is 4.90 Å². The summed E-state index contributed by atoms with van der Waals surface area (Å²) < 4.78 is 5.36. The molecule has 1 aliphatic rings. The molecule has 0 atom stereocenters. The molecule has 2 aromatic rings. The maximum atomic E-state index is 11.1. The van der Waals surface area contributed by atoms with Crippen LogP contribution in [0.2, 0.25) is 0 Å². The van der Waals surface area contributed by atoms with Gasteiger partial charge in [0, 0.05) is 23.5 Å². The molecule has 0 amide bonds. The molecular weight excluding hydrogens is 300 g/mol. The van der Waals surface area contributed by atoms with Crippen molar-refractivity contribution in [3.63, 3.8) is 0 Å². The monoisotopic (exact) mass is 318 g/mol. The number of nitrogens with zero attached hydrogens (tertiary/aromatic N) is 2. The van der Waals surface area contributed by atoms with Gasteiger partial charge in [0.05, 0.1) is 25.3 Å². The highest BCUT2D eigenvalue weighted by Gasteiger charge is 2.20. The summed E-state index contributed by atoms with van der Waals surface area (Å²) in [6, 6.07) is 8.04. The number of aliphatic carboxylic acids is 1. The van der Waals surface area contributed by atoms with Crippen molar-refractivity contribution in [2.75, 3.05) is 31.2 Å². The standard InChI is InChI=1S/C16H18N2O3S/c1-11-2-4-12(5-3-11)15-13(10-14(19)20)22-16(17-15)18-6-8-21-9-7-18/h2-5H,6-10H2,1H3,(H,19,20). The van der Waals surface area contributed by atoms with E-state index in [-0.39, 0.29) is 6.42 Å². The molecule has 1 saturated heterocycles. The lowest BCUT2D eigenvalue weighted by atomic mass is 10.1. The first-order valence-corrected chi connectivity index (χ1v) is 8.06. The van der Waals surface area contributed by atoms with Gasteiger partial charge in [-0.15, -0.1) is 11.3 Å². The topological polar surface area (TPSA) is 62.7 Å². The second kappa shape index (κ2) is 6.46. The Bertz CT molecular complexity index is 661. The van der Waals surface area contributed by atoms with Crippen LogP contribution in [0.5, 0.6) is 0 Å². The number of aryl methyl sites for hydroxylation is 1. The molecule has 1 N–H and O–H groups in total. The molecule has 1 aromatic heterocycles. The zero-order valence-electron chi connectivity index (χ0n) is 12.4. The molecule has 116 valence electrons. The first-order valence-electron chi connectivity index (χ1n) is 7.25. The number of morpholine rings is 1. The van der Waals surface area contributed by atoms with Gasteiger partial charge in [0.1, 0.15) is 0 Å². The third-order valence-electron chi connectivity index (χ3n) is 3.60. The normalized spacial score (nSPS) is 15.0. The number of hydrogen-bond donors (Lipinski definition) is 1. The molecule has 2 heterocycles. The average Bonchev–Trinajstić information content (AvgIpc) is 2.92. The Hall–Kier alpha value is -1.92. The number of benzene rings is 1. The van der Waals surface area contributed by atoms with Gasteiger partial charge in [0.25, 0.3) is 0 Å². The summed E-state index contributed by atoms with van der Waals surface area (Å²) >= 11 is 1.47. The van der Waals surface area contributed by atoms with Gasteiger partial charge in [-0.05, 0) is 6.92 Å². The maximum Gasteiger partial charge on any atom is 0.308 e. The van der Waals surface area contributed by atoms with Crippen molar-refractivity contribution >= 4 is 22.4 Å². The van der Waals surface area contributed by atoms with E-state index in [1.165, 1.54) is 16.9 Å². The van der Waals surface area contributed by atoms with E-state index in [9.17, 15) is 4.79 Å². The van der Waals surface area contributed by atoms with E-state index in [0.717, 1.165) is 34.4 Å². The largest absolute Gasteiger partial charge is 0.481 e. The van der Waals surface area contributed by atoms with Crippen molar-refractivity contribution in [2.24, 2.45) is 0 Å². The van der Waals surface area contributed by atoms with Gasteiger partial charge in [-0.3, -0.25) is 4.79 Å². The number of carbonyl (C=O) groups is 1. The number of ether oxygens (including phenoxy) is 1. The number of rotatable bonds is 4. The third kappa shape index (κ3) is 3.28. The third-order valence-corrected chi connectivity index (χ3v) is 4.72. The first-order chi connectivity index (χ1) is 10.6. The van der Waals surface area contributed by atoms with E-state index in [1.54, 1.807) is 0 Å². The van der Waals surface area contributed by atoms with Crippen LogP contribution in [0.1, 0.15) is 10.4 Å². The van der Waals surface area contributed by atoms with Gasteiger partial charge in [0.2, 0.25) is 0 Å². The highest BCUT2D eigenvalue weighted by atomic mass is 32.1. The van der Waals surface area contributed by atoms with Crippen LogP contribution < -0.4 is 4.90 Å². The number of thiazole rings is 1. The lowest BCUT2D eigenvalue weighted by Gasteiger charge is -2.26. The number of carboxylic acids is 1. The Kier molecular flexibility index (Phi) is 4.40. The lowest BCUT2D eigenvalue weighted by molar-refractivity contribution is -0.136. The van der Waals surface area contributed by atoms with Crippen LogP contribution in [0.3, 0.4) is 0 Å². The average molecular weight is 318 g/mol. The van der Waals surface area contributed by atoms with Gasteiger partial charge in [0.15, 0.2) is 5.13 Å². The van der Waals surface area contributed by atoms with Crippen LogP contribution in [0, 0.1) is 6.92 Å². The molecule has 1 aromatic carbocycles. The van der Waals surface area contributed by atoms with E-state index in [4.69, 9.17) is 14.8 Å². The summed E-state index contributed by atoms with van der Waals surface area (Å²) in [5.41, 5.74) is 2.93. The van der Waals surface area contributed by atoms with Gasteiger partial charge in [-0.25, -0.2) is 4.98 Å². The predicted octanol–water partition coefficient (Wildman–Crippen LogP) is 2.58. The number of hydrogen-bond acceptors (Lipinski definition) is 5. The first kappa shape index (κ1) is 15.0. The minimum absolute atomic E-state index is 0.00518. The highest BCUT2D eigenvalue weighted by Crippen LogP contribution is 2.34. The second-order valence-corrected chi connectivity index (χ2v) is 6.37. The SMILES string of the molecule is Cc1ccc(-c2nc(N3CCOCC3)sc2CC(=O)O)cc1.